The highest BCUT2D eigenvalue weighted by molar-refractivity contribution is 5.48. The third-order valence-corrected chi connectivity index (χ3v) is 4.11. The number of morpholine rings is 1. The minimum atomic E-state index is 0.383. The van der Waals surface area contributed by atoms with Gasteiger partial charge in [-0.15, -0.1) is 0 Å². The number of anilines is 1. The lowest BCUT2D eigenvalue weighted by atomic mass is 10.0. The Bertz CT molecular complexity index is 390. The van der Waals surface area contributed by atoms with Gasteiger partial charge in [0.05, 0.1) is 12.7 Å². The molecule has 0 aromatic heterocycles. The number of ether oxygens (including phenoxy) is 1. The monoisotopic (exact) mass is 276 g/mol. The van der Waals surface area contributed by atoms with E-state index in [0.29, 0.717) is 12.1 Å². The molecule has 112 valence electrons. The van der Waals surface area contributed by atoms with Crippen LogP contribution in [-0.4, -0.2) is 32.3 Å². The van der Waals surface area contributed by atoms with E-state index in [1.807, 2.05) is 0 Å². The van der Waals surface area contributed by atoms with Crippen molar-refractivity contribution in [1.82, 2.24) is 5.32 Å². The third-order valence-electron chi connectivity index (χ3n) is 4.11. The number of hydrogen-bond donors (Lipinski definition) is 1. The van der Waals surface area contributed by atoms with Crippen molar-refractivity contribution in [3.8, 4) is 0 Å². The number of nitrogens with one attached hydrogen (secondary N) is 1. The summed E-state index contributed by atoms with van der Waals surface area (Å²) in [7, 11) is 0. The van der Waals surface area contributed by atoms with Crippen molar-refractivity contribution >= 4 is 5.69 Å². The lowest BCUT2D eigenvalue weighted by Gasteiger charge is -2.34. The van der Waals surface area contributed by atoms with Gasteiger partial charge in [-0.1, -0.05) is 32.9 Å². The minimum absolute atomic E-state index is 0.383. The van der Waals surface area contributed by atoms with Gasteiger partial charge in [-0.05, 0) is 37.1 Å². The van der Waals surface area contributed by atoms with Gasteiger partial charge in [0.1, 0.15) is 0 Å². The summed E-state index contributed by atoms with van der Waals surface area (Å²) >= 11 is 0. The zero-order chi connectivity index (χ0) is 14.4. The predicted molar refractivity (Wildman–Crippen MR) is 85.4 cm³/mol. The Morgan fingerprint density at radius 3 is 2.60 bits per heavy atom. The Balaban J connectivity index is 2.03. The number of nitrogens with zero attached hydrogens (tertiary/aromatic N) is 1. The maximum absolute atomic E-state index is 5.74. The average Bonchev–Trinajstić information content (AvgIpc) is 2.53. The molecule has 0 amide bonds. The van der Waals surface area contributed by atoms with Gasteiger partial charge in [0.15, 0.2) is 0 Å². The molecule has 2 atom stereocenters. The zero-order valence-electron chi connectivity index (χ0n) is 13.1. The molecule has 0 aliphatic carbocycles. The lowest BCUT2D eigenvalue weighted by molar-refractivity contribution is 0.0384. The molecule has 1 heterocycles. The van der Waals surface area contributed by atoms with Crippen LogP contribution in [0.4, 0.5) is 5.69 Å². The minimum Gasteiger partial charge on any atom is -0.375 e. The molecule has 0 saturated carbocycles. The molecular weight excluding hydrogens is 248 g/mol. The van der Waals surface area contributed by atoms with Crippen LogP contribution < -0.4 is 10.2 Å². The Morgan fingerprint density at radius 1 is 1.25 bits per heavy atom. The van der Waals surface area contributed by atoms with Gasteiger partial charge in [-0.3, -0.25) is 0 Å². The molecular formula is C17H28N2O. The standard InChI is InChI=1S/C17H28N2O/c1-4-16-13-19(11-12-20-16)15-9-7-14(8-10-15)17(5-2)18-6-3/h7-10,16-18H,4-6,11-13H2,1-3H3. The van der Waals surface area contributed by atoms with E-state index in [0.717, 1.165) is 39.1 Å². The summed E-state index contributed by atoms with van der Waals surface area (Å²) in [4.78, 5) is 2.44. The molecule has 0 radical (unpaired) electrons. The zero-order valence-corrected chi connectivity index (χ0v) is 13.1. The Morgan fingerprint density at radius 2 is 2.00 bits per heavy atom. The Hall–Kier alpha value is -1.06. The van der Waals surface area contributed by atoms with E-state index in [-0.39, 0.29) is 0 Å². The van der Waals surface area contributed by atoms with E-state index in [4.69, 9.17) is 4.74 Å². The van der Waals surface area contributed by atoms with Crippen LogP contribution in [0.1, 0.15) is 45.2 Å². The summed E-state index contributed by atoms with van der Waals surface area (Å²) in [6.07, 6.45) is 2.60. The Kier molecular flexibility index (Phi) is 5.86. The molecule has 1 aliphatic rings. The van der Waals surface area contributed by atoms with E-state index in [9.17, 15) is 0 Å². The molecule has 20 heavy (non-hydrogen) atoms. The van der Waals surface area contributed by atoms with Gasteiger partial charge in [-0.2, -0.15) is 0 Å². The SMILES string of the molecule is CCNC(CC)c1ccc(N2CCOC(CC)C2)cc1. The summed E-state index contributed by atoms with van der Waals surface area (Å²) in [5.41, 5.74) is 2.71. The highest BCUT2D eigenvalue weighted by atomic mass is 16.5. The lowest BCUT2D eigenvalue weighted by Crippen LogP contribution is -2.42. The topological polar surface area (TPSA) is 24.5 Å². The predicted octanol–water partition coefficient (Wildman–Crippen LogP) is 3.36. The van der Waals surface area contributed by atoms with Crippen LogP contribution in [0.5, 0.6) is 0 Å². The van der Waals surface area contributed by atoms with Gasteiger partial charge >= 0.3 is 0 Å². The van der Waals surface area contributed by atoms with Crippen molar-refractivity contribution in [3.63, 3.8) is 0 Å². The van der Waals surface area contributed by atoms with Crippen molar-refractivity contribution in [1.29, 1.82) is 0 Å². The second kappa shape index (κ2) is 7.65. The first kappa shape index (κ1) is 15.3. The van der Waals surface area contributed by atoms with Crippen LogP contribution in [0.15, 0.2) is 24.3 Å². The van der Waals surface area contributed by atoms with E-state index in [1.54, 1.807) is 0 Å². The number of hydrogen-bond acceptors (Lipinski definition) is 3. The van der Waals surface area contributed by atoms with Gasteiger partial charge in [0, 0.05) is 24.8 Å². The van der Waals surface area contributed by atoms with Gasteiger partial charge in [-0.25, -0.2) is 0 Å². The van der Waals surface area contributed by atoms with E-state index in [1.165, 1.54) is 11.3 Å². The third kappa shape index (κ3) is 3.74. The van der Waals surface area contributed by atoms with E-state index in [2.05, 4.69) is 55.3 Å². The molecule has 3 nitrogen and oxygen atoms in total. The molecule has 0 bridgehead atoms. The highest BCUT2D eigenvalue weighted by Crippen LogP contribution is 2.23. The first-order valence-corrected chi connectivity index (χ1v) is 7.98. The largest absolute Gasteiger partial charge is 0.375 e. The van der Waals surface area contributed by atoms with Crippen molar-refractivity contribution in [3.05, 3.63) is 29.8 Å². The van der Waals surface area contributed by atoms with Crippen molar-refractivity contribution < 1.29 is 4.74 Å². The van der Waals surface area contributed by atoms with Crippen LogP contribution >= 0.6 is 0 Å². The molecule has 0 spiro atoms. The molecule has 1 aromatic rings. The molecule has 2 rings (SSSR count). The summed E-state index contributed by atoms with van der Waals surface area (Å²) in [5.74, 6) is 0. The Labute approximate surface area is 123 Å². The van der Waals surface area contributed by atoms with Crippen molar-refractivity contribution in [2.24, 2.45) is 0 Å². The number of rotatable bonds is 6. The highest BCUT2D eigenvalue weighted by Gasteiger charge is 2.19. The van der Waals surface area contributed by atoms with Crippen LogP contribution in [0.25, 0.3) is 0 Å². The molecule has 1 aliphatic heterocycles. The summed E-state index contributed by atoms with van der Waals surface area (Å²) in [5, 5.41) is 3.53. The number of benzene rings is 1. The van der Waals surface area contributed by atoms with Crippen LogP contribution in [0, 0.1) is 0 Å². The fourth-order valence-electron chi connectivity index (χ4n) is 2.86. The maximum Gasteiger partial charge on any atom is 0.0748 e. The molecule has 1 aromatic carbocycles. The molecule has 3 heteroatoms. The second-order valence-electron chi connectivity index (χ2n) is 5.46. The molecule has 1 saturated heterocycles. The van der Waals surface area contributed by atoms with E-state index < -0.39 is 0 Å². The summed E-state index contributed by atoms with van der Waals surface area (Å²) in [6.45, 7) is 10.5. The summed E-state index contributed by atoms with van der Waals surface area (Å²) < 4.78 is 5.74. The first-order valence-electron chi connectivity index (χ1n) is 7.98. The molecule has 1 N–H and O–H groups in total. The van der Waals surface area contributed by atoms with Crippen LogP contribution in [0.2, 0.25) is 0 Å². The normalized spacial score (nSPS) is 20.9. The van der Waals surface area contributed by atoms with Crippen molar-refractivity contribution in [2.75, 3.05) is 31.1 Å². The fourth-order valence-corrected chi connectivity index (χ4v) is 2.86. The maximum atomic E-state index is 5.74. The smallest absolute Gasteiger partial charge is 0.0748 e. The quantitative estimate of drug-likeness (QED) is 0.862. The van der Waals surface area contributed by atoms with Crippen LogP contribution in [-0.2, 0) is 4.74 Å². The van der Waals surface area contributed by atoms with Gasteiger partial charge in [0.25, 0.3) is 0 Å². The van der Waals surface area contributed by atoms with Crippen molar-refractivity contribution in [2.45, 2.75) is 45.8 Å². The average molecular weight is 276 g/mol. The fraction of sp³-hybridized carbons (Fsp3) is 0.647. The first-order chi connectivity index (χ1) is 9.78. The van der Waals surface area contributed by atoms with Crippen LogP contribution in [0.3, 0.4) is 0 Å². The second-order valence-corrected chi connectivity index (χ2v) is 5.46. The van der Waals surface area contributed by atoms with Gasteiger partial charge in [0.2, 0.25) is 0 Å². The molecule has 2 unspecified atom stereocenters. The molecule has 1 fully saturated rings. The summed E-state index contributed by atoms with van der Waals surface area (Å²) in [6, 6.07) is 9.52. The van der Waals surface area contributed by atoms with Gasteiger partial charge < -0.3 is 15.0 Å². The van der Waals surface area contributed by atoms with E-state index >= 15 is 0 Å².